The molecule has 0 radical (unpaired) electrons. The van der Waals surface area contributed by atoms with Gasteiger partial charge in [-0.1, -0.05) is 43.7 Å². The molecule has 1 N–H and O–H groups in total. The molecule has 0 aliphatic carbocycles. The molecule has 2 heterocycles. The lowest BCUT2D eigenvalue weighted by Gasteiger charge is -2.12. The molecule has 1 unspecified atom stereocenters. The maximum Gasteiger partial charge on any atom is 0.197 e. The van der Waals surface area contributed by atoms with E-state index >= 15 is 0 Å². The smallest absolute Gasteiger partial charge is 0.197 e. The van der Waals surface area contributed by atoms with Crippen molar-refractivity contribution in [3.8, 4) is 22.4 Å². The third-order valence-corrected chi connectivity index (χ3v) is 6.23. The van der Waals surface area contributed by atoms with Crippen molar-refractivity contribution >= 4 is 7.37 Å². The monoisotopic (exact) mass is 408 g/mol. The van der Waals surface area contributed by atoms with Crippen molar-refractivity contribution < 1.29 is 9.46 Å². The first-order valence-electron chi connectivity index (χ1n) is 10.2. The molecule has 0 bridgehead atoms. The van der Waals surface area contributed by atoms with Crippen LogP contribution >= 0.6 is 7.37 Å². The number of aryl methyl sites for hydroxylation is 2. The first-order chi connectivity index (χ1) is 14.0. The fraction of sp³-hybridized carbons (Fsp3) is 0.333. The van der Waals surface area contributed by atoms with Gasteiger partial charge in [0.15, 0.2) is 7.37 Å². The van der Waals surface area contributed by atoms with Crippen molar-refractivity contribution in [2.75, 3.05) is 12.8 Å². The van der Waals surface area contributed by atoms with Gasteiger partial charge in [-0.15, -0.1) is 0 Å². The summed E-state index contributed by atoms with van der Waals surface area (Å²) in [5.41, 5.74) is 6.69. The molecule has 29 heavy (non-hydrogen) atoms. The lowest BCUT2D eigenvalue weighted by molar-refractivity contribution is 0.481. The summed E-state index contributed by atoms with van der Waals surface area (Å²) in [7, 11) is -2.89. The largest absolute Gasteiger partial charge is 0.344 e. The van der Waals surface area contributed by atoms with Crippen LogP contribution in [0.25, 0.3) is 22.4 Å². The van der Waals surface area contributed by atoms with Crippen LogP contribution in [0.5, 0.6) is 0 Å². The molecule has 0 spiro atoms. The Morgan fingerprint density at radius 1 is 0.897 bits per heavy atom. The van der Waals surface area contributed by atoms with Crippen LogP contribution in [0.4, 0.5) is 0 Å². The van der Waals surface area contributed by atoms with Gasteiger partial charge in [0.1, 0.15) is 0 Å². The first kappa shape index (κ1) is 21.4. The van der Waals surface area contributed by atoms with Gasteiger partial charge < -0.3 is 4.89 Å². The third-order valence-electron chi connectivity index (χ3n) is 5.09. The highest BCUT2D eigenvalue weighted by Gasteiger charge is 2.12. The van der Waals surface area contributed by atoms with Crippen molar-refractivity contribution in [2.24, 2.45) is 0 Å². The van der Waals surface area contributed by atoms with Crippen LogP contribution < -0.4 is 0 Å². The highest BCUT2D eigenvalue weighted by molar-refractivity contribution is 7.57. The number of benzene rings is 1. The number of hydrogen-bond acceptors (Lipinski definition) is 3. The summed E-state index contributed by atoms with van der Waals surface area (Å²) in [6.07, 6.45) is 8.57. The lowest BCUT2D eigenvalue weighted by atomic mass is 9.97. The molecule has 5 heteroatoms. The fourth-order valence-electron chi connectivity index (χ4n) is 3.41. The zero-order valence-electron chi connectivity index (χ0n) is 17.2. The number of rotatable bonds is 9. The Kier molecular flexibility index (Phi) is 7.35. The number of nitrogens with zero attached hydrogens (tertiary/aromatic N) is 2. The quantitative estimate of drug-likeness (QED) is 0.349. The summed E-state index contributed by atoms with van der Waals surface area (Å²) >= 11 is 0. The molecule has 0 saturated heterocycles. The van der Waals surface area contributed by atoms with E-state index < -0.39 is 7.37 Å². The Balaban J connectivity index is 1.81. The zero-order valence-corrected chi connectivity index (χ0v) is 18.1. The van der Waals surface area contributed by atoms with Gasteiger partial charge in [0.05, 0.1) is 5.69 Å². The van der Waals surface area contributed by atoms with Crippen LogP contribution in [0.15, 0.2) is 60.9 Å². The fourth-order valence-corrected chi connectivity index (χ4v) is 4.22. The van der Waals surface area contributed by atoms with Gasteiger partial charge in [0, 0.05) is 42.0 Å². The van der Waals surface area contributed by atoms with Crippen LogP contribution in [-0.4, -0.2) is 27.7 Å². The van der Waals surface area contributed by atoms with Crippen LogP contribution in [0, 0.1) is 0 Å². The minimum atomic E-state index is -2.89. The van der Waals surface area contributed by atoms with E-state index in [0.29, 0.717) is 6.16 Å². The third kappa shape index (κ3) is 6.35. The summed E-state index contributed by atoms with van der Waals surface area (Å²) < 4.78 is 11.4. The summed E-state index contributed by atoms with van der Waals surface area (Å²) in [6.45, 7) is 3.59. The van der Waals surface area contributed by atoms with Gasteiger partial charge in [0.2, 0.25) is 0 Å². The van der Waals surface area contributed by atoms with E-state index in [4.69, 9.17) is 4.98 Å². The number of aromatic nitrogens is 2. The molecule has 152 valence electrons. The molecule has 0 amide bonds. The second-order valence-electron chi connectivity index (χ2n) is 7.57. The average Bonchev–Trinajstić information content (AvgIpc) is 2.73. The number of unbranched alkanes of at least 4 members (excludes halogenated alkanes) is 2. The Morgan fingerprint density at radius 2 is 1.62 bits per heavy atom. The van der Waals surface area contributed by atoms with Crippen molar-refractivity contribution in [3.63, 3.8) is 0 Å². The predicted molar refractivity (Wildman–Crippen MR) is 120 cm³/mol. The second kappa shape index (κ2) is 9.96. The normalized spacial score (nSPS) is 13.2. The van der Waals surface area contributed by atoms with Crippen molar-refractivity contribution in [1.29, 1.82) is 0 Å². The van der Waals surface area contributed by atoms with Gasteiger partial charge in [-0.05, 0) is 55.0 Å². The zero-order chi connectivity index (χ0) is 20.7. The van der Waals surface area contributed by atoms with Gasteiger partial charge >= 0.3 is 0 Å². The van der Waals surface area contributed by atoms with E-state index in [9.17, 15) is 9.46 Å². The van der Waals surface area contributed by atoms with E-state index in [1.807, 2.05) is 12.1 Å². The Hall–Kier alpha value is -2.29. The molecular formula is C24H29N2O2P. The first-order valence-corrected chi connectivity index (χ1v) is 12.5. The van der Waals surface area contributed by atoms with Crippen molar-refractivity contribution in [2.45, 2.75) is 39.0 Å². The Morgan fingerprint density at radius 3 is 2.28 bits per heavy atom. The maximum absolute atomic E-state index is 11.4. The molecule has 2 aromatic heterocycles. The van der Waals surface area contributed by atoms with Gasteiger partial charge in [0.25, 0.3) is 0 Å². The summed E-state index contributed by atoms with van der Waals surface area (Å²) in [5.74, 6) is 0. The SMILES string of the molecule is CCc1ccc(-c2ccc(CCCCCP(C)(=O)O)nc2-c2ccncc2)cc1. The van der Waals surface area contributed by atoms with Crippen LogP contribution in [-0.2, 0) is 17.4 Å². The van der Waals surface area contributed by atoms with Crippen molar-refractivity contribution in [3.05, 3.63) is 72.2 Å². The molecule has 1 aromatic carbocycles. The molecule has 3 aromatic rings. The van der Waals surface area contributed by atoms with Gasteiger partial charge in [-0.2, -0.15) is 0 Å². The summed E-state index contributed by atoms with van der Waals surface area (Å²) in [5, 5.41) is 0. The van der Waals surface area contributed by atoms with E-state index in [2.05, 4.69) is 48.3 Å². The van der Waals surface area contributed by atoms with Crippen LogP contribution in [0.2, 0.25) is 0 Å². The second-order valence-corrected chi connectivity index (χ2v) is 10.1. The molecule has 0 saturated carbocycles. The molecule has 3 rings (SSSR count). The molecule has 4 nitrogen and oxygen atoms in total. The lowest BCUT2D eigenvalue weighted by Crippen LogP contribution is -1.97. The van der Waals surface area contributed by atoms with E-state index in [-0.39, 0.29) is 0 Å². The highest BCUT2D eigenvalue weighted by atomic mass is 31.2. The van der Waals surface area contributed by atoms with Crippen molar-refractivity contribution in [1.82, 2.24) is 9.97 Å². The molecule has 0 aliphatic heterocycles. The predicted octanol–water partition coefficient (Wildman–Crippen LogP) is 5.99. The van der Waals surface area contributed by atoms with Gasteiger partial charge in [-0.25, -0.2) is 0 Å². The van der Waals surface area contributed by atoms with Gasteiger partial charge in [-0.3, -0.25) is 14.5 Å². The van der Waals surface area contributed by atoms with Crippen LogP contribution in [0.3, 0.4) is 0 Å². The molecular weight excluding hydrogens is 379 g/mol. The standard InChI is InChI=1S/C24H29N2O2P/c1-3-19-8-10-20(11-9-19)23-13-12-22(7-5-4-6-18-29(2,27)28)26-24(23)21-14-16-25-17-15-21/h8-17H,3-7,18H2,1-2H3,(H,27,28). The molecule has 0 fully saturated rings. The van der Waals surface area contributed by atoms with E-state index in [1.54, 1.807) is 12.4 Å². The summed E-state index contributed by atoms with van der Waals surface area (Å²) in [4.78, 5) is 18.5. The number of hydrogen-bond donors (Lipinski definition) is 1. The molecule has 1 atom stereocenters. The van der Waals surface area contributed by atoms with Crippen LogP contribution in [0.1, 0.15) is 37.4 Å². The Labute approximate surface area is 173 Å². The minimum Gasteiger partial charge on any atom is -0.344 e. The van der Waals surface area contributed by atoms with E-state index in [0.717, 1.165) is 60.2 Å². The molecule has 0 aliphatic rings. The average molecular weight is 408 g/mol. The minimum absolute atomic E-state index is 0.398. The Bertz CT molecular complexity index is 966. The topological polar surface area (TPSA) is 63.1 Å². The highest BCUT2D eigenvalue weighted by Crippen LogP contribution is 2.36. The van der Waals surface area contributed by atoms with E-state index in [1.165, 1.54) is 12.2 Å². The number of pyridine rings is 2. The maximum atomic E-state index is 11.4. The summed E-state index contributed by atoms with van der Waals surface area (Å²) in [6, 6.07) is 16.9.